The molecule has 7 heteroatoms. The van der Waals surface area contributed by atoms with Gasteiger partial charge in [-0.3, -0.25) is 4.79 Å². The molecule has 0 aliphatic heterocycles. The van der Waals surface area contributed by atoms with Crippen LogP contribution in [0.15, 0.2) is 30.3 Å². The second-order valence-electron chi connectivity index (χ2n) is 3.68. The molecule has 1 aromatic rings. The molecule has 0 aromatic heterocycles. The van der Waals surface area contributed by atoms with Gasteiger partial charge in [0.05, 0.1) is 0 Å². The molecule has 0 bridgehead atoms. The summed E-state index contributed by atoms with van der Waals surface area (Å²) < 4.78 is 4.56. The van der Waals surface area contributed by atoms with Gasteiger partial charge in [-0.05, 0) is 0 Å². The molecular formula is C12H12O7. The Kier molecular flexibility index (Phi) is 4.36. The van der Waals surface area contributed by atoms with Crippen molar-refractivity contribution in [2.75, 3.05) is 7.11 Å². The van der Waals surface area contributed by atoms with Crippen molar-refractivity contribution >= 4 is 17.7 Å². The Morgan fingerprint density at radius 3 is 2.05 bits per heavy atom. The average molecular weight is 268 g/mol. The minimum atomic E-state index is -2.88. The van der Waals surface area contributed by atoms with Crippen molar-refractivity contribution in [3.05, 3.63) is 35.9 Å². The molecule has 0 radical (unpaired) electrons. The molecule has 0 heterocycles. The molecule has 102 valence electrons. The summed E-state index contributed by atoms with van der Waals surface area (Å²) in [6, 6.07) is 7.15. The monoisotopic (exact) mass is 268 g/mol. The van der Waals surface area contributed by atoms with Gasteiger partial charge in [-0.2, -0.15) is 0 Å². The van der Waals surface area contributed by atoms with E-state index in [4.69, 9.17) is 10.2 Å². The van der Waals surface area contributed by atoms with E-state index in [1.165, 1.54) is 24.3 Å². The number of carboxylic acid groups (broad SMARTS) is 2. The standard InChI is InChI=1S/C12H12O7/c1-19-12(11(17)18,9(14)10(15)16)8(13)7-5-3-2-4-6-7/h2-6,9,14H,1H3,(H,15,16)(H,17,18)/t9?,12-/m0/s1. The second-order valence-corrected chi connectivity index (χ2v) is 3.68. The number of carbonyl (C=O) groups excluding carboxylic acids is 1. The highest BCUT2D eigenvalue weighted by Gasteiger charge is 2.56. The van der Waals surface area contributed by atoms with Gasteiger partial charge in [0.25, 0.3) is 5.60 Å². The van der Waals surface area contributed by atoms with Gasteiger partial charge in [-0.1, -0.05) is 30.3 Å². The van der Waals surface area contributed by atoms with E-state index in [1.807, 2.05) is 0 Å². The molecular weight excluding hydrogens is 256 g/mol. The van der Waals surface area contributed by atoms with Crippen molar-refractivity contribution in [3.8, 4) is 0 Å². The average Bonchev–Trinajstić information content (AvgIpc) is 2.40. The predicted octanol–water partition coefficient (Wildman–Crippen LogP) is -0.215. The number of aliphatic hydroxyl groups is 1. The van der Waals surface area contributed by atoms with Gasteiger partial charge < -0.3 is 20.1 Å². The van der Waals surface area contributed by atoms with Crippen molar-refractivity contribution < 1.29 is 34.4 Å². The highest BCUT2D eigenvalue weighted by Crippen LogP contribution is 2.23. The molecule has 1 rings (SSSR count). The molecule has 1 aromatic carbocycles. The van der Waals surface area contributed by atoms with Crippen LogP contribution < -0.4 is 0 Å². The van der Waals surface area contributed by atoms with Crippen molar-refractivity contribution in [1.29, 1.82) is 0 Å². The minimum absolute atomic E-state index is 0.0768. The van der Waals surface area contributed by atoms with Crippen LogP contribution in [0.2, 0.25) is 0 Å². The summed E-state index contributed by atoms with van der Waals surface area (Å²) in [7, 11) is 0.848. The van der Waals surface area contributed by atoms with Gasteiger partial charge in [0.2, 0.25) is 5.78 Å². The first-order chi connectivity index (χ1) is 8.87. The summed E-state index contributed by atoms with van der Waals surface area (Å²) in [5.74, 6) is -4.88. The third-order valence-electron chi connectivity index (χ3n) is 2.63. The van der Waals surface area contributed by atoms with Gasteiger partial charge >= 0.3 is 11.9 Å². The van der Waals surface area contributed by atoms with Crippen molar-refractivity contribution in [2.45, 2.75) is 11.7 Å². The largest absolute Gasteiger partial charge is 0.479 e. The fraction of sp³-hybridized carbons (Fsp3) is 0.250. The molecule has 7 nitrogen and oxygen atoms in total. The van der Waals surface area contributed by atoms with Gasteiger partial charge in [0.1, 0.15) is 0 Å². The van der Waals surface area contributed by atoms with Crippen LogP contribution in [-0.4, -0.2) is 51.9 Å². The molecule has 3 N–H and O–H groups in total. The molecule has 0 spiro atoms. The van der Waals surface area contributed by atoms with E-state index in [1.54, 1.807) is 6.07 Å². The lowest BCUT2D eigenvalue weighted by atomic mass is 9.87. The van der Waals surface area contributed by atoms with Crippen LogP contribution >= 0.6 is 0 Å². The first-order valence-corrected chi connectivity index (χ1v) is 5.17. The molecule has 0 aliphatic carbocycles. The zero-order chi connectivity index (χ0) is 14.6. The number of hydrogen-bond donors (Lipinski definition) is 3. The van der Waals surface area contributed by atoms with Gasteiger partial charge in [-0.25, -0.2) is 9.59 Å². The summed E-state index contributed by atoms with van der Waals surface area (Å²) in [5, 5.41) is 27.4. The maximum Gasteiger partial charge on any atom is 0.347 e. The Labute approximate surface area is 108 Å². The number of ether oxygens (including phenoxy) is 1. The third-order valence-corrected chi connectivity index (χ3v) is 2.63. The number of carbonyl (C=O) groups is 3. The third kappa shape index (κ3) is 2.47. The van der Waals surface area contributed by atoms with Crippen LogP contribution in [0.5, 0.6) is 0 Å². The molecule has 19 heavy (non-hydrogen) atoms. The Morgan fingerprint density at radius 2 is 1.68 bits per heavy atom. The molecule has 0 amide bonds. The van der Waals surface area contributed by atoms with Crippen LogP contribution in [0.4, 0.5) is 0 Å². The molecule has 0 saturated heterocycles. The lowest BCUT2D eigenvalue weighted by Crippen LogP contribution is -2.60. The lowest BCUT2D eigenvalue weighted by molar-refractivity contribution is -0.179. The molecule has 2 atom stereocenters. The van der Waals surface area contributed by atoms with Crippen LogP contribution in [-0.2, 0) is 14.3 Å². The Morgan fingerprint density at radius 1 is 1.16 bits per heavy atom. The molecule has 0 fully saturated rings. The number of aliphatic hydroxyl groups excluding tert-OH is 1. The zero-order valence-corrected chi connectivity index (χ0v) is 9.94. The Balaban J connectivity index is 3.36. The first kappa shape index (κ1) is 14.8. The zero-order valence-electron chi connectivity index (χ0n) is 9.94. The van der Waals surface area contributed by atoms with Crippen LogP contribution in [0.1, 0.15) is 10.4 Å². The smallest absolute Gasteiger partial charge is 0.347 e. The first-order valence-electron chi connectivity index (χ1n) is 5.17. The number of rotatable bonds is 6. The van der Waals surface area contributed by atoms with Crippen molar-refractivity contribution in [1.82, 2.24) is 0 Å². The highest BCUT2D eigenvalue weighted by molar-refractivity contribution is 6.17. The van der Waals surface area contributed by atoms with E-state index < -0.39 is 29.4 Å². The predicted molar refractivity (Wildman–Crippen MR) is 61.8 cm³/mol. The second kappa shape index (κ2) is 5.59. The van der Waals surface area contributed by atoms with E-state index in [0.717, 1.165) is 7.11 Å². The maximum atomic E-state index is 12.2. The van der Waals surface area contributed by atoms with Crippen LogP contribution in [0, 0.1) is 0 Å². The van der Waals surface area contributed by atoms with E-state index in [-0.39, 0.29) is 5.56 Å². The SMILES string of the molecule is CO[C@@](C(=O)O)(C(=O)c1ccccc1)C(O)C(=O)O. The number of Topliss-reactive ketones (excluding diaryl/α,β-unsaturated/α-hetero) is 1. The van der Waals surface area contributed by atoms with E-state index in [0.29, 0.717) is 0 Å². The Bertz CT molecular complexity index is 496. The summed E-state index contributed by atoms with van der Waals surface area (Å²) in [6.07, 6.45) is -2.53. The van der Waals surface area contributed by atoms with Crippen molar-refractivity contribution in [2.24, 2.45) is 0 Å². The normalized spacial score (nSPS) is 15.3. The fourth-order valence-electron chi connectivity index (χ4n) is 1.61. The van der Waals surface area contributed by atoms with Crippen LogP contribution in [0.25, 0.3) is 0 Å². The topological polar surface area (TPSA) is 121 Å². The maximum absolute atomic E-state index is 12.2. The van der Waals surface area contributed by atoms with Crippen LogP contribution in [0.3, 0.4) is 0 Å². The summed E-state index contributed by atoms with van der Waals surface area (Å²) in [4.78, 5) is 34.2. The quantitative estimate of drug-likeness (QED) is 0.482. The minimum Gasteiger partial charge on any atom is -0.479 e. The van der Waals surface area contributed by atoms with E-state index in [2.05, 4.69) is 4.74 Å². The van der Waals surface area contributed by atoms with Gasteiger partial charge in [0.15, 0.2) is 6.10 Å². The lowest BCUT2D eigenvalue weighted by Gasteiger charge is -2.28. The fourth-order valence-corrected chi connectivity index (χ4v) is 1.61. The summed E-state index contributed by atoms with van der Waals surface area (Å²) >= 11 is 0. The van der Waals surface area contributed by atoms with Crippen molar-refractivity contribution in [3.63, 3.8) is 0 Å². The van der Waals surface area contributed by atoms with Gasteiger partial charge in [0, 0.05) is 12.7 Å². The molecule has 1 unspecified atom stereocenters. The summed E-state index contributed by atoms with van der Waals surface area (Å²) in [6.45, 7) is 0. The number of methoxy groups -OCH3 is 1. The number of hydrogen-bond acceptors (Lipinski definition) is 5. The number of ketones is 1. The molecule has 0 saturated carbocycles. The number of benzene rings is 1. The van der Waals surface area contributed by atoms with E-state index in [9.17, 15) is 19.5 Å². The summed E-state index contributed by atoms with van der Waals surface area (Å²) in [5.41, 5.74) is -2.96. The highest BCUT2D eigenvalue weighted by atomic mass is 16.5. The number of carboxylic acids is 2. The molecule has 0 aliphatic rings. The van der Waals surface area contributed by atoms with Gasteiger partial charge in [-0.15, -0.1) is 0 Å². The Hall–Kier alpha value is -2.25. The number of aliphatic carboxylic acids is 2. The van der Waals surface area contributed by atoms with E-state index >= 15 is 0 Å².